The topological polar surface area (TPSA) is 32.9 Å². The summed E-state index contributed by atoms with van der Waals surface area (Å²) in [5.41, 5.74) is 0.336. The lowest BCUT2D eigenvalue weighted by molar-refractivity contribution is 0.628. The molecule has 72 valence electrons. The van der Waals surface area contributed by atoms with Gasteiger partial charge in [-0.1, -0.05) is 11.6 Å². The number of fused-ring (bicyclic) bond motifs is 1. The Labute approximate surface area is 84.3 Å². The molecule has 0 radical (unpaired) electrons. The second-order valence-electron chi connectivity index (χ2n) is 3.13. The molecule has 0 saturated heterocycles. The van der Waals surface area contributed by atoms with Crippen molar-refractivity contribution < 1.29 is 4.39 Å². The average Bonchev–Trinajstić information content (AvgIpc) is 2.07. The lowest BCUT2D eigenvalue weighted by Crippen LogP contribution is -2.06. The fourth-order valence-corrected chi connectivity index (χ4v) is 1.67. The molecule has 14 heavy (non-hydrogen) atoms. The highest BCUT2D eigenvalue weighted by molar-refractivity contribution is 6.30. The van der Waals surface area contributed by atoms with Crippen molar-refractivity contribution in [2.75, 3.05) is 0 Å². The molecule has 0 saturated carbocycles. The van der Waals surface area contributed by atoms with Gasteiger partial charge in [0, 0.05) is 0 Å². The van der Waals surface area contributed by atoms with Crippen LogP contribution in [0.4, 0.5) is 4.39 Å². The van der Waals surface area contributed by atoms with Gasteiger partial charge in [-0.2, -0.15) is 0 Å². The second kappa shape index (κ2) is 3.10. The zero-order valence-electron chi connectivity index (χ0n) is 7.40. The first-order valence-electron chi connectivity index (χ1n) is 4.06. The molecule has 2 aromatic rings. The van der Waals surface area contributed by atoms with Crippen LogP contribution in [0, 0.1) is 12.7 Å². The number of hydrogen-bond donors (Lipinski definition) is 1. The van der Waals surface area contributed by atoms with Crippen molar-refractivity contribution in [2.24, 2.45) is 0 Å². The van der Waals surface area contributed by atoms with Gasteiger partial charge in [0.15, 0.2) is 0 Å². The average molecular weight is 212 g/mol. The first-order chi connectivity index (χ1) is 6.58. The van der Waals surface area contributed by atoms with Gasteiger partial charge in [0.2, 0.25) is 0 Å². The molecule has 2 rings (SSSR count). The van der Waals surface area contributed by atoms with Crippen LogP contribution in [0.15, 0.2) is 23.0 Å². The van der Waals surface area contributed by atoms with Crippen molar-refractivity contribution in [1.29, 1.82) is 0 Å². The minimum Gasteiger partial charge on any atom is -0.312 e. The van der Waals surface area contributed by atoms with Gasteiger partial charge in [-0.05, 0) is 36.1 Å². The van der Waals surface area contributed by atoms with Crippen molar-refractivity contribution in [3.05, 3.63) is 45.1 Å². The van der Waals surface area contributed by atoms with Crippen LogP contribution in [0.2, 0.25) is 5.15 Å². The van der Waals surface area contributed by atoms with E-state index in [1.165, 1.54) is 12.1 Å². The van der Waals surface area contributed by atoms with Crippen LogP contribution in [0.3, 0.4) is 0 Å². The number of H-pyrrole nitrogens is 1. The summed E-state index contributed by atoms with van der Waals surface area (Å²) < 4.78 is 13.0. The van der Waals surface area contributed by atoms with E-state index < -0.39 is 5.82 Å². The molecule has 0 amide bonds. The standard InChI is InChI=1S/C10H7ClFNO/c1-5-2-6(12)3-8-7(5)4-9(11)13-10(8)14/h2-4H,1H3,(H,13,14). The maximum atomic E-state index is 13.0. The Balaban J connectivity index is 3.02. The van der Waals surface area contributed by atoms with Gasteiger partial charge in [-0.3, -0.25) is 4.79 Å². The normalized spacial score (nSPS) is 10.8. The van der Waals surface area contributed by atoms with Crippen LogP contribution < -0.4 is 5.56 Å². The molecule has 0 aliphatic carbocycles. The highest BCUT2D eigenvalue weighted by Crippen LogP contribution is 2.19. The Morgan fingerprint density at radius 1 is 1.29 bits per heavy atom. The van der Waals surface area contributed by atoms with Gasteiger partial charge < -0.3 is 4.98 Å². The third-order valence-electron chi connectivity index (χ3n) is 2.10. The largest absolute Gasteiger partial charge is 0.312 e. The Bertz CT molecular complexity index is 562. The lowest BCUT2D eigenvalue weighted by atomic mass is 10.1. The van der Waals surface area contributed by atoms with E-state index in [2.05, 4.69) is 4.98 Å². The second-order valence-corrected chi connectivity index (χ2v) is 3.54. The minimum atomic E-state index is -0.414. The lowest BCUT2D eigenvalue weighted by Gasteiger charge is -2.02. The number of aromatic nitrogens is 1. The molecule has 0 atom stereocenters. The smallest absolute Gasteiger partial charge is 0.257 e. The Morgan fingerprint density at radius 3 is 2.71 bits per heavy atom. The van der Waals surface area contributed by atoms with Gasteiger partial charge in [0.25, 0.3) is 5.56 Å². The summed E-state index contributed by atoms with van der Waals surface area (Å²) in [6.45, 7) is 1.74. The van der Waals surface area contributed by atoms with Crippen molar-refractivity contribution in [3.8, 4) is 0 Å². The van der Waals surface area contributed by atoms with Crippen molar-refractivity contribution in [3.63, 3.8) is 0 Å². The summed E-state index contributed by atoms with van der Waals surface area (Å²) in [5.74, 6) is -0.414. The number of pyridine rings is 1. The maximum Gasteiger partial charge on any atom is 0.257 e. The molecule has 4 heteroatoms. The van der Waals surface area contributed by atoms with Crippen LogP contribution in [0.1, 0.15) is 5.56 Å². The third kappa shape index (κ3) is 1.40. The zero-order valence-corrected chi connectivity index (χ0v) is 8.15. The van der Waals surface area contributed by atoms with E-state index >= 15 is 0 Å². The molecule has 1 aromatic heterocycles. The van der Waals surface area contributed by atoms with E-state index in [0.717, 1.165) is 0 Å². The van der Waals surface area contributed by atoms with E-state index in [-0.39, 0.29) is 10.7 Å². The maximum absolute atomic E-state index is 13.0. The molecule has 0 unspecified atom stereocenters. The highest BCUT2D eigenvalue weighted by atomic mass is 35.5. The summed E-state index contributed by atoms with van der Waals surface area (Å²) >= 11 is 5.69. The zero-order chi connectivity index (χ0) is 10.3. The van der Waals surface area contributed by atoms with Crippen LogP contribution in [-0.2, 0) is 0 Å². The summed E-state index contributed by atoms with van der Waals surface area (Å²) in [4.78, 5) is 13.8. The van der Waals surface area contributed by atoms with Crippen LogP contribution in [0.25, 0.3) is 10.8 Å². The number of aryl methyl sites for hydroxylation is 1. The van der Waals surface area contributed by atoms with Crippen LogP contribution >= 0.6 is 11.6 Å². The molecule has 0 bridgehead atoms. The molecule has 0 spiro atoms. The summed E-state index contributed by atoms with van der Waals surface area (Å²) in [6.07, 6.45) is 0. The Hall–Kier alpha value is -1.35. The minimum absolute atomic E-state index is 0.261. The molecule has 1 heterocycles. The number of hydrogen-bond acceptors (Lipinski definition) is 1. The fraction of sp³-hybridized carbons (Fsp3) is 0.100. The van der Waals surface area contributed by atoms with E-state index in [9.17, 15) is 9.18 Å². The number of benzene rings is 1. The van der Waals surface area contributed by atoms with Crippen molar-refractivity contribution in [1.82, 2.24) is 4.98 Å². The molecule has 0 aliphatic heterocycles. The van der Waals surface area contributed by atoms with E-state index in [1.54, 1.807) is 13.0 Å². The number of aromatic amines is 1. The Morgan fingerprint density at radius 2 is 2.00 bits per heavy atom. The van der Waals surface area contributed by atoms with Crippen LogP contribution in [-0.4, -0.2) is 4.98 Å². The molecular weight excluding hydrogens is 205 g/mol. The predicted octanol–water partition coefficient (Wildman–Crippen LogP) is 2.63. The number of rotatable bonds is 0. The van der Waals surface area contributed by atoms with E-state index in [0.29, 0.717) is 16.3 Å². The summed E-state index contributed by atoms with van der Waals surface area (Å²) in [6, 6.07) is 4.20. The monoisotopic (exact) mass is 211 g/mol. The molecule has 1 N–H and O–H groups in total. The quantitative estimate of drug-likeness (QED) is 0.668. The number of halogens is 2. The van der Waals surface area contributed by atoms with Gasteiger partial charge in [0.1, 0.15) is 11.0 Å². The van der Waals surface area contributed by atoms with Crippen molar-refractivity contribution >= 4 is 22.4 Å². The molecular formula is C10H7ClFNO. The third-order valence-corrected chi connectivity index (χ3v) is 2.30. The van der Waals surface area contributed by atoms with Crippen LogP contribution in [0.5, 0.6) is 0 Å². The molecule has 0 fully saturated rings. The highest BCUT2D eigenvalue weighted by Gasteiger charge is 2.05. The van der Waals surface area contributed by atoms with Gasteiger partial charge in [0.05, 0.1) is 5.39 Å². The fourth-order valence-electron chi connectivity index (χ4n) is 1.47. The number of nitrogens with one attached hydrogen (secondary N) is 1. The molecule has 0 aliphatic rings. The predicted molar refractivity (Wildman–Crippen MR) is 54.3 cm³/mol. The van der Waals surface area contributed by atoms with Gasteiger partial charge in [-0.25, -0.2) is 4.39 Å². The summed E-state index contributed by atoms with van der Waals surface area (Å²) in [5, 5.41) is 1.27. The van der Waals surface area contributed by atoms with Crippen molar-refractivity contribution in [2.45, 2.75) is 6.92 Å². The molecule has 1 aromatic carbocycles. The first-order valence-corrected chi connectivity index (χ1v) is 4.44. The molecule has 2 nitrogen and oxygen atoms in total. The SMILES string of the molecule is Cc1cc(F)cc2c(=O)[nH]c(Cl)cc12. The summed E-state index contributed by atoms with van der Waals surface area (Å²) in [7, 11) is 0. The van der Waals surface area contributed by atoms with Gasteiger partial charge in [-0.15, -0.1) is 0 Å². The first kappa shape index (κ1) is 9.21. The van der Waals surface area contributed by atoms with E-state index in [4.69, 9.17) is 11.6 Å². The Kier molecular flexibility index (Phi) is 2.04. The van der Waals surface area contributed by atoms with E-state index in [1.807, 2.05) is 0 Å². The van der Waals surface area contributed by atoms with Gasteiger partial charge >= 0.3 is 0 Å².